The summed E-state index contributed by atoms with van der Waals surface area (Å²) in [5.74, 6) is -0.312. The highest BCUT2D eigenvalue weighted by Gasteiger charge is 2.19. The lowest BCUT2D eigenvalue weighted by atomic mass is 10.1. The molecular formula is C16H11ClFNOS. The predicted molar refractivity (Wildman–Crippen MR) is 86.2 cm³/mol. The van der Waals surface area contributed by atoms with Crippen LogP contribution < -0.4 is 5.73 Å². The van der Waals surface area contributed by atoms with E-state index >= 15 is 0 Å². The molecule has 3 rings (SSSR count). The molecule has 0 amide bonds. The molecule has 3 aromatic rings. The lowest BCUT2D eigenvalue weighted by molar-refractivity contribution is 0.481. The monoisotopic (exact) mass is 319 g/mol. The fourth-order valence-electron chi connectivity index (χ4n) is 2.19. The summed E-state index contributed by atoms with van der Waals surface area (Å²) < 4.78 is 13.3. The molecule has 0 aliphatic carbocycles. The van der Waals surface area contributed by atoms with Gasteiger partial charge in [-0.05, 0) is 35.4 Å². The van der Waals surface area contributed by atoms with Crippen LogP contribution in [0.15, 0.2) is 48.5 Å². The largest absolute Gasteiger partial charge is 0.506 e. The van der Waals surface area contributed by atoms with Crippen molar-refractivity contribution in [1.29, 1.82) is 0 Å². The second kappa shape index (κ2) is 5.39. The SMILES string of the molecule is Nc1sc(-c2cccc(F)c2)c(O)c1-c1cccc(Cl)c1. The van der Waals surface area contributed by atoms with Gasteiger partial charge in [0.15, 0.2) is 0 Å². The molecule has 0 bridgehead atoms. The van der Waals surface area contributed by atoms with Gasteiger partial charge in [-0.1, -0.05) is 35.9 Å². The molecule has 0 atom stereocenters. The minimum absolute atomic E-state index is 0.0466. The number of nitrogen functional groups attached to an aromatic ring is 1. The maximum Gasteiger partial charge on any atom is 0.144 e. The molecule has 0 aliphatic heterocycles. The third-order valence-corrected chi connectivity index (χ3v) is 4.40. The molecule has 0 aliphatic rings. The summed E-state index contributed by atoms with van der Waals surface area (Å²) >= 11 is 7.20. The Morgan fingerprint density at radius 3 is 2.48 bits per heavy atom. The molecule has 1 heterocycles. The van der Waals surface area contributed by atoms with Crippen molar-refractivity contribution in [3.05, 3.63) is 59.4 Å². The Morgan fingerprint density at radius 1 is 1.05 bits per heavy atom. The second-order valence-corrected chi connectivity index (χ2v) is 6.03. The first kappa shape index (κ1) is 13.9. The standard InChI is InChI=1S/C16H11ClFNOS/c17-11-5-1-3-9(7-11)13-14(20)15(21-16(13)19)10-4-2-6-12(18)8-10/h1-8,20H,19H2. The molecule has 5 heteroatoms. The zero-order chi connectivity index (χ0) is 15.0. The Bertz CT molecular complexity index is 816. The minimum Gasteiger partial charge on any atom is -0.506 e. The topological polar surface area (TPSA) is 46.2 Å². The lowest BCUT2D eigenvalue weighted by Gasteiger charge is -2.03. The first-order chi connectivity index (χ1) is 10.1. The summed E-state index contributed by atoms with van der Waals surface area (Å²) in [5.41, 5.74) is 7.88. The zero-order valence-electron chi connectivity index (χ0n) is 10.8. The average molecular weight is 320 g/mol. The number of benzene rings is 2. The molecule has 2 nitrogen and oxygen atoms in total. The van der Waals surface area contributed by atoms with Gasteiger partial charge in [0.25, 0.3) is 0 Å². The normalized spacial score (nSPS) is 10.8. The van der Waals surface area contributed by atoms with Crippen molar-refractivity contribution >= 4 is 27.9 Å². The fourth-order valence-corrected chi connectivity index (χ4v) is 3.36. The van der Waals surface area contributed by atoms with Crippen LogP contribution in [0, 0.1) is 5.82 Å². The molecule has 21 heavy (non-hydrogen) atoms. The molecular weight excluding hydrogens is 309 g/mol. The molecule has 2 aromatic carbocycles. The maximum absolute atomic E-state index is 13.3. The number of nitrogens with two attached hydrogens (primary N) is 1. The van der Waals surface area contributed by atoms with Gasteiger partial charge >= 0.3 is 0 Å². The van der Waals surface area contributed by atoms with Crippen molar-refractivity contribution in [3.8, 4) is 27.3 Å². The van der Waals surface area contributed by atoms with Crippen LogP contribution in [0.4, 0.5) is 9.39 Å². The van der Waals surface area contributed by atoms with Crippen LogP contribution in [0.1, 0.15) is 0 Å². The Hall–Kier alpha value is -2.04. The molecule has 0 radical (unpaired) electrons. The van der Waals surface area contributed by atoms with Crippen molar-refractivity contribution in [2.24, 2.45) is 0 Å². The van der Waals surface area contributed by atoms with Gasteiger partial charge in [0.05, 0.1) is 15.4 Å². The first-order valence-electron chi connectivity index (χ1n) is 6.19. The molecule has 0 unspecified atom stereocenters. The van der Waals surface area contributed by atoms with Gasteiger partial charge in [0.1, 0.15) is 11.6 Å². The van der Waals surface area contributed by atoms with Gasteiger partial charge in [-0.3, -0.25) is 0 Å². The molecule has 0 fully saturated rings. The van der Waals surface area contributed by atoms with Crippen LogP contribution in [0.3, 0.4) is 0 Å². The number of aromatic hydroxyl groups is 1. The number of hydrogen-bond donors (Lipinski definition) is 2. The van der Waals surface area contributed by atoms with E-state index in [0.717, 1.165) is 5.56 Å². The summed E-state index contributed by atoms with van der Waals surface area (Å²) in [6, 6.07) is 13.1. The van der Waals surface area contributed by atoms with Crippen LogP contribution in [0.25, 0.3) is 21.6 Å². The van der Waals surface area contributed by atoms with Crippen LogP contribution >= 0.6 is 22.9 Å². The Kier molecular flexibility index (Phi) is 3.57. The molecule has 106 valence electrons. The quantitative estimate of drug-likeness (QED) is 0.685. The first-order valence-corrected chi connectivity index (χ1v) is 7.39. The van der Waals surface area contributed by atoms with E-state index in [0.29, 0.717) is 26.0 Å². The Labute approximate surface area is 130 Å². The fraction of sp³-hybridized carbons (Fsp3) is 0. The van der Waals surface area contributed by atoms with E-state index in [9.17, 15) is 9.50 Å². The van der Waals surface area contributed by atoms with Crippen molar-refractivity contribution < 1.29 is 9.50 Å². The molecule has 3 N–H and O–H groups in total. The molecule has 0 spiro atoms. The van der Waals surface area contributed by atoms with Crippen molar-refractivity contribution in [1.82, 2.24) is 0 Å². The highest BCUT2D eigenvalue weighted by atomic mass is 35.5. The maximum atomic E-state index is 13.3. The highest BCUT2D eigenvalue weighted by Crippen LogP contribution is 2.49. The summed E-state index contributed by atoms with van der Waals surface area (Å²) in [6.07, 6.45) is 0. The van der Waals surface area contributed by atoms with E-state index in [1.165, 1.54) is 23.5 Å². The molecule has 0 saturated heterocycles. The predicted octanol–water partition coefficient (Wildman–Crippen LogP) is 5.16. The van der Waals surface area contributed by atoms with Crippen LogP contribution in [0.2, 0.25) is 5.02 Å². The van der Waals surface area contributed by atoms with E-state index in [1.807, 2.05) is 6.07 Å². The number of anilines is 1. The van der Waals surface area contributed by atoms with Crippen LogP contribution in [-0.4, -0.2) is 5.11 Å². The Balaban J connectivity index is 2.17. The van der Waals surface area contributed by atoms with Crippen LogP contribution in [-0.2, 0) is 0 Å². The van der Waals surface area contributed by atoms with Crippen molar-refractivity contribution in [2.45, 2.75) is 0 Å². The van der Waals surface area contributed by atoms with Crippen molar-refractivity contribution in [3.63, 3.8) is 0 Å². The van der Waals surface area contributed by atoms with Gasteiger partial charge in [0, 0.05) is 5.02 Å². The van der Waals surface area contributed by atoms with E-state index in [1.54, 1.807) is 30.3 Å². The smallest absolute Gasteiger partial charge is 0.144 e. The zero-order valence-corrected chi connectivity index (χ0v) is 12.4. The summed E-state index contributed by atoms with van der Waals surface area (Å²) in [7, 11) is 0. The van der Waals surface area contributed by atoms with Gasteiger partial charge in [-0.2, -0.15) is 0 Å². The van der Waals surface area contributed by atoms with Gasteiger partial charge in [-0.15, -0.1) is 11.3 Å². The molecule has 1 aromatic heterocycles. The summed E-state index contributed by atoms with van der Waals surface area (Å²) in [4.78, 5) is 0.543. The van der Waals surface area contributed by atoms with Gasteiger partial charge in [0.2, 0.25) is 0 Å². The van der Waals surface area contributed by atoms with Gasteiger partial charge in [-0.25, -0.2) is 4.39 Å². The van der Waals surface area contributed by atoms with E-state index in [4.69, 9.17) is 17.3 Å². The van der Waals surface area contributed by atoms with E-state index < -0.39 is 0 Å². The number of thiophene rings is 1. The van der Waals surface area contributed by atoms with E-state index in [2.05, 4.69) is 0 Å². The third-order valence-electron chi connectivity index (χ3n) is 3.11. The number of hydrogen-bond acceptors (Lipinski definition) is 3. The third kappa shape index (κ3) is 2.60. The van der Waals surface area contributed by atoms with Gasteiger partial charge < -0.3 is 10.8 Å². The summed E-state index contributed by atoms with van der Waals surface area (Å²) in [6.45, 7) is 0. The highest BCUT2D eigenvalue weighted by molar-refractivity contribution is 7.20. The molecule has 0 saturated carbocycles. The average Bonchev–Trinajstić information content (AvgIpc) is 2.74. The van der Waals surface area contributed by atoms with E-state index in [-0.39, 0.29) is 11.6 Å². The van der Waals surface area contributed by atoms with Crippen molar-refractivity contribution in [2.75, 3.05) is 5.73 Å². The second-order valence-electron chi connectivity index (χ2n) is 4.54. The Morgan fingerprint density at radius 2 is 1.76 bits per heavy atom. The van der Waals surface area contributed by atoms with Crippen LogP contribution in [0.5, 0.6) is 5.75 Å². The summed E-state index contributed by atoms with van der Waals surface area (Å²) in [5, 5.41) is 11.5. The minimum atomic E-state index is -0.358. The number of rotatable bonds is 2. The lowest BCUT2D eigenvalue weighted by Crippen LogP contribution is -1.84. The number of halogens is 2.